The number of hydrogen-bond donors (Lipinski definition) is 2. The molecule has 2 aliphatic rings. The second kappa shape index (κ2) is 5.54. The lowest BCUT2D eigenvalue weighted by Crippen LogP contribution is -2.47. The van der Waals surface area contributed by atoms with Crippen molar-refractivity contribution in [3.05, 3.63) is 23.5 Å². The van der Waals surface area contributed by atoms with Gasteiger partial charge in [-0.2, -0.15) is 0 Å². The molecule has 2 unspecified atom stereocenters. The van der Waals surface area contributed by atoms with Crippen LogP contribution in [0.5, 0.6) is 0 Å². The van der Waals surface area contributed by atoms with E-state index in [1.54, 1.807) is 0 Å². The first kappa shape index (κ1) is 14.2. The highest BCUT2D eigenvalue weighted by Gasteiger charge is 2.34. The number of aromatic carboxylic acids is 1. The van der Waals surface area contributed by atoms with E-state index in [0.29, 0.717) is 17.6 Å². The number of carbonyl (C=O) groups is 1. The number of fused-ring (bicyclic) bond motifs is 1. The van der Waals surface area contributed by atoms with E-state index in [0.717, 1.165) is 25.5 Å². The van der Waals surface area contributed by atoms with Crippen molar-refractivity contribution in [2.75, 3.05) is 17.2 Å². The van der Waals surface area contributed by atoms with Gasteiger partial charge in [0.15, 0.2) is 0 Å². The predicted octanol–water partition coefficient (Wildman–Crippen LogP) is 3.27. The molecule has 2 fully saturated rings. The molecule has 5 heteroatoms. The zero-order valence-corrected chi connectivity index (χ0v) is 12.0. The van der Waals surface area contributed by atoms with Gasteiger partial charge in [-0.25, -0.2) is 9.18 Å². The number of nitrogens with zero attached hydrogens (tertiary/aromatic N) is 1. The summed E-state index contributed by atoms with van der Waals surface area (Å²) in [4.78, 5) is 13.3. The third-order valence-electron chi connectivity index (χ3n) is 4.90. The van der Waals surface area contributed by atoms with Crippen molar-refractivity contribution < 1.29 is 14.3 Å². The van der Waals surface area contributed by atoms with Gasteiger partial charge in [0.2, 0.25) is 0 Å². The number of benzene rings is 1. The maximum absolute atomic E-state index is 14.3. The molecule has 1 aromatic carbocycles. The van der Waals surface area contributed by atoms with Gasteiger partial charge in [-0.3, -0.25) is 0 Å². The van der Waals surface area contributed by atoms with Crippen LogP contribution in [0.3, 0.4) is 0 Å². The lowest BCUT2D eigenvalue weighted by Gasteiger charge is -2.45. The molecule has 0 amide bonds. The molecule has 0 aromatic heterocycles. The fourth-order valence-corrected chi connectivity index (χ4v) is 3.91. The molecule has 21 heavy (non-hydrogen) atoms. The maximum atomic E-state index is 14.3. The van der Waals surface area contributed by atoms with E-state index in [4.69, 9.17) is 5.73 Å². The lowest BCUT2D eigenvalue weighted by atomic mass is 9.78. The van der Waals surface area contributed by atoms with Gasteiger partial charge in [0.25, 0.3) is 0 Å². The zero-order valence-electron chi connectivity index (χ0n) is 12.0. The van der Waals surface area contributed by atoms with E-state index in [1.807, 2.05) is 0 Å². The summed E-state index contributed by atoms with van der Waals surface area (Å²) in [6.07, 6.45) is 6.91. The van der Waals surface area contributed by atoms with Crippen LogP contribution in [0.15, 0.2) is 12.1 Å². The molecule has 0 radical (unpaired) electrons. The van der Waals surface area contributed by atoms with Crippen LogP contribution in [-0.4, -0.2) is 23.7 Å². The summed E-state index contributed by atoms with van der Waals surface area (Å²) in [6.45, 7) is 0.793. The average molecular weight is 292 g/mol. The summed E-state index contributed by atoms with van der Waals surface area (Å²) in [5, 5.41) is 9.19. The summed E-state index contributed by atoms with van der Waals surface area (Å²) in [5.41, 5.74) is 5.99. The number of piperidine rings is 1. The summed E-state index contributed by atoms with van der Waals surface area (Å²) in [7, 11) is 0. The highest BCUT2D eigenvalue weighted by molar-refractivity contribution is 5.95. The summed E-state index contributed by atoms with van der Waals surface area (Å²) in [6, 6.07) is 2.89. The Labute approximate surface area is 123 Å². The van der Waals surface area contributed by atoms with Gasteiger partial charge in [-0.05, 0) is 43.7 Å². The van der Waals surface area contributed by atoms with Crippen molar-refractivity contribution in [3.8, 4) is 0 Å². The largest absolute Gasteiger partial charge is 0.478 e. The van der Waals surface area contributed by atoms with E-state index in [2.05, 4.69) is 4.90 Å². The third kappa shape index (κ3) is 2.57. The number of hydrogen-bond acceptors (Lipinski definition) is 3. The molecule has 1 aliphatic heterocycles. The molecule has 1 aliphatic carbocycles. The minimum absolute atomic E-state index is 0.00988. The standard InChI is InChI=1S/C16H21FN2O2/c17-12-9-13(18)11(16(20)21)8-15(12)19-7-3-5-10-4-1-2-6-14(10)19/h8-10,14H,1-7,18H2,(H,20,21). The van der Waals surface area contributed by atoms with Gasteiger partial charge in [0, 0.05) is 18.3 Å². The number of anilines is 2. The number of carboxylic acid groups (broad SMARTS) is 1. The number of rotatable bonds is 2. The van der Waals surface area contributed by atoms with Gasteiger partial charge >= 0.3 is 5.97 Å². The zero-order chi connectivity index (χ0) is 15.0. The van der Waals surface area contributed by atoms with Crippen molar-refractivity contribution >= 4 is 17.3 Å². The number of nitrogen functional groups attached to an aromatic ring is 1. The van der Waals surface area contributed by atoms with Gasteiger partial charge in [-0.1, -0.05) is 12.8 Å². The Balaban J connectivity index is 1.98. The molecule has 1 saturated carbocycles. The van der Waals surface area contributed by atoms with Gasteiger partial charge in [0.1, 0.15) is 5.82 Å². The first-order chi connectivity index (χ1) is 10.1. The molecule has 114 valence electrons. The molecule has 0 bridgehead atoms. The van der Waals surface area contributed by atoms with Crippen LogP contribution >= 0.6 is 0 Å². The van der Waals surface area contributed by atoms with Crippen molar-refractivity contribution in [1.82, 2.24) is 0 Å². The summed E-state index contributed by atoms with van der Waals surface area (Å²) >= 11 is 0. The van der Waals surface area contributed by atoms with Crippen LogP contribution < -0.4 is 10.6 Å². The second-order valence-electron chi connectivity index (χ2n) is 6.14. The van der Waals surface area contributed by atoms with Crippen LogP contribution in [0.25, 0.3) is 0 Å². The Hall–Kier alpha value is -1.78. The molecular formula is C16H21FN2O2. The lowest BCUT2D eigenvalue weighted by molar-refractivity contribution is 0.0698. The molecule has 2 atom stereocenters. The van der Waals surface area contributed by atoms with Crippen molar-refractivity contribution in [2.45, 2.75) is 44.6 Å². The van der Waals surface area contributed by atoms with Crippen LogP contribution in [0.4, 0.5) is 15.8 Å². The molecule has 1 heterocycles. The average Bonchev–Trinajstić information content (AvgIpc) is 2.46. The Morgan fingerprint density at radius 3 is 2.71 bits per heavy atom. The van der Waals surface area contributed by atoms with Gasteiger partial charge in [-0.15, -0.1) is 0 Å². The molecule has 1 aromatic rings. The highest BCUT2D eigenvalue weighted by atomic mass is 19.1. The van der Waals surface area contributed by atoms with E-state index >= 15 is 0 Å². The molecular weight excluding hydrogens is 271 g/mol. The first-order valence-electron chi connectivity index (χ1n) is 7.67. The van der Waals surface area contributed by atoms with Gasteiger partial charge < -0.3 is 15.7 Å². The van der Waals surface area contributed by atoms with E-state index in [1.165, 1.54) is 31.7 Å². The normalized spacial score (nSPS) is 25.5. The molecule has 3 N–H and O–H groups in total. The number of carboxylic acids is 1. The Morgan fingerprint density at radius 2 is 1.95 bits per heavy atom. The summed E-state index contributed by atoms with van der Waals surface area (Å²) in [5.74, 6) is -0.910. The van der Waals surface area contributed by atoms with E-state index in [9.17, 15) is 14.3 Å². The smallest absolute Gasteiger partial charge is 0.337 e. The van der Waals surface area contributed by atoms with Crippen molar-refractivity contribution in [1.29, 1.82) is 0 Å². The minimum atomic E-state index is -1.11. The fourth-order valence-electron chi connectivity index (χ4n) is 3.91. The van der Waals surface area contributed by atoms with E-state index in [-0.39, 0.29) is 11.3 Å². The molecule has 1 saturated heterocycles. The Morgan fingerprint density at radius 1 is 1.24 bits per heavy atom. The second-order valence-corrected chi connectivity index (χ2v) is 6.14. The SMILES string of the molecule is Nc1cc(F)c(N2CCCC3CCCCC32)cc1C(=O)O. The van der Waals surface area contributed by atoms with Gasteiger partial charge in [0.05, 0.1) is 11.3 Å². The molecule has 0 spiro atoms. The highest BCUT2D eigenvalue weighted by Crippen LogP contribution is 2.39. The third-order valence-corrected chi connectivity index (χ3v) is 4.90. The Kier molecular flexibility index (Phi) is 3.74. The Bertz CT molecular complexity index is 559. The van der Waals surface area contributed by atoms with Crippen LogP contribution in [0.1, 0.15) is 48.9 Å². The number of halogens is 1. The predicted molar refractivity (Wildman–Crippen MR) is 80.1 cm³/mol. The molecule has 4 nitrogen and oxygen atoms in total. The first-order valence-corrected chi connectivity index (χ1v) is 7.67. The van der Waals surface area contributed by atoms with E-state index < -0.39 is 11.8 Å². The topological polar surface area (TPSA) is 66.6 Å². The van der Waals surface area contributed by atoms with Crippen LogP contribution in [0.2, 0.25) is 0 Å². The number of nitrogens with two attached hydrogens (primary N) is 1. The quantitative estimate of drug-likeness (QED) is 0.821. The van der Waals surface area contributed by atoms with Crippen molar-refractivity contribution in [2.24, 2.45) is 5.92 Å². The van der Waals surface area contributed by atoms with Crippen LogP contribution in [-0.2, 0) is 0 Å². The van der Waals surface area contributed by atoms with Crippen LogP contribution in [0, 0.1) is 11.7 Å². The summed E-state index contributed by atoms with van der Waals surface area (Å²) < 4.78 is 14.3. The van der Waals surface area contributed by atoms with Crippen molar-refractivity contribution in [3.63, 3.8) is 0 Å². The fraction of sp³-hybridized carbons (Fsp3) is 0.562. The maximum Gasteiger partial charge on any atom is 0.337 e. The molecule has 3 rings (SSSR count). The monoisotopic (exact) mass is 292 g/mol. The minimum Gasteiger partial charge on any atom is -0.478 e.